The first kappa shape index (κ1) is 16.2. The van der Waals surface area contributed by atoms with Crippen molar-refractivity contribution in [1.82, 2.24) is 0 Å². The van der Waals surface area contributed by atoms with Crippen LogP contribution in [0.1, 0.15) is 31.9 Å². The molecule has 0 fully saturated rings. The van der Waals surface area contributed by atoms with E-state index in [2.05, 4.69) is 29.8 Å². The Labute approximate surface area is 141 Å². The summed E-state index contributed by atoms with van der Waals surface area (Å²) in [5.74, 6) is -0.117. The molecule has 1 heterocycles. The quantitative estimate of drug-likeness (QED) is 0.796. The lowest BCUT2D eigenvalue weighted by Crippen LogP contribution is -2.42. The zero-order chi connectivity index (χ0) is 17.5. The van der Waals surface area contributed by atoms with Crippen molar-refractivity contribution in [2.24, 2.45) is 4.99 Å². The van der Waals surface area contributed by atoms with E-state index >= 15 is 0 Å². The number of aliphatic imine (C=N–C) groups is 1. The van der Waals surface area contributed by atoms with Crippen molar-refractivity contribution in [3.8, 4) is 5.75 Å². The Bertz CT molecular complexity index is 835. The van der Waals surface area contributed by atoms with Gasteiger partial charge in [0.25, 0.3) is 0 Å². The van der Waals surface area contributed by atoms with Gasteiger partial charge in [0.2, 0.25) is 0 Å². The predicted molar refractivity (Wildman–Crippen MR) is 97.9 cm³/mol. The third kappa shape index (κ3) is 2.92. The summed E-state index contributed by atoms with van der Waals surface area (Å²) >= 11 is 0. The van der Waals surface area contributed by atoms with Crippen LogP contribution in [-0.2, 0) is 0 Å². The van der Waals surface area contributed by atoms with E-state index in [-0.39, 0.29) is 17.1 Å². The number of hydrogen-bond donors (Lipinski definition) is 1. The Balaban J connectivity index is 2.00. The molecule has 3 nitrogen and oxygen atoms in total. The van der Waals surface area contributed by atoms with E-state index in [1.807, 2.05) is 20.0 Å². The van der Waals surface area contributed by atoms with Crippen molar-refractivity contribution in [3.63, 3.8) is 0 Å². The molecule has 0 saturated carbocycles. The Morgan fingerprint density at radius 3 is 2.50 bits per heavy atom. The molecule has 4 heteroatoms. The number of hydrogen-bond acceptors (Lipinski definition) is 3. The standard InChI is InChI=1S/C20H21FN2O/c1-13-11-20(2,3)23(4)19-10-18(21)14(9-17(13)19)12-22-15-5-7-16(24)8-6-15/h5-12,24H,1-4H3. The number of phenols is 1. The molecule has 124 valence electrons. The maximum Gasteiger partial charge on any atom is 0.134 e. The molecule has 24 heavy (non-hydrogen) atoms. The van der Waals surface area contributed by atoms with Crippen molar-refractivity contribution in [2.45, 2.75) is 26.3 Å². The largest absolute Gasteiger partial charge is 0.508 e. The number of halogens is 1. The Hall–Kier alpha value is -2.62. The minimum atomic E-state index is -0.298. The van der Waals surface area contributed by atoms with E-state index in [0.717, 1.165) is 16.8 Å². The van der Waals surface area contributed by atoms with Gasteiger partial charge in [-0.2, -0.15) is 0 Å². The molecule has 0 spiro atoms. The first-order valence-corrected chi connectivity index (χ1v) is 7.88. The van der Waals surface area contributed by atoms with Crippen molar-refractivity contribution in [3.05, 3.63) is 59.4 Å². The van der Waals surface area contributed by atoms with E-state index < -0.39 is 0 Å². The summed E-state index contributed by atoms with van der Waals surface area (Å²) in [5.41, 5.74) is 4.00. The fourth-order valence-electron chi connectivity index (χ4n) is 2.97. The smallest absolute Gasteiger partial charge is 0.134 e. The molecule has 3 rings (SSSR count). The van der Waals surface area contributed by atoms with Gasteiger partial charge in [-0.25, -0.2) is 4.39 Å². The zero-order valence-corrected chi connectivity index (χ0v) is 14.3. The lowest BCUT2D eigenvalue weighted by atomic mass is 9.88. The van der Waals surface area contributed by atoms with Crippen LogP contribution in [0.3, 0.4) is 0 Å². The van der Waals surface area contributed by atoms with Gasteiger partial charge in [-0.3, -0.25) is 4.99 Å². The molecular formula is C20H21FN2O. The molecule has 0 aliphatic carbocycles. The van der Waals surface area contributed by atoms with Gasteiger partial charge < -0.3 is 10.0 Å². The number of phenolic OH excluding ortho intramolecular Hbond substituents is 1. The molecule has 0 bridgehead atoms. The van der Waals surface area contributed by atoms with Crippen LogP contribution in [-0.4, -0.2) is 23.9 Å². The van der Waals surface area contributed by atoms with Crippen LogP contribution in [0.4, 0.5) is 15.8 Å². The van der Waals surface area contributed by atoms with Crippen LogP contribution in [0.5, 0.6) is 5.75 Å². The maximum atomic E-state index is 14.5. The highest BCUT2D eigenvalue weighted by atomic mass is 19.1. The summed E-state index contributed by atoms with van der Waals surface area (Å²) in [6.07, 6.45) is 3.71. The SMILES string of the molecule is CC1=CC(C)(C)N(C)c2cc(F)c(C=Nc3ccc(O)cc3)cc21. The molecule has 2 aromatic carbocycles. The second kappa shape index (κ2) is 5.78. The molecule has 0 aromatic heterocycles. The Kier molecular flexibility index (Phi) is 3.91. The first-order chi connectivity index (χ1) is 11.3. The Morgan fingerprint density at radius 2 is 1.83 bits per heavy atom. The lowest BCUT2D eigenvalue weighted by Gasteiger charge is -2.40. The number of anilines is 1. The van der Waals surface area contributed by atoms with Crippen molar-refractivity contribution in [2.75, 3.05) is 11.9 Å². The highest BCUT2D eigenvalue weighted by Crippen LogP contribution is 2.38. The summed E-state index contributed by atoms with van der Waals surface area (Å²) in [7, 11) is 1.98. The van der Waals surface area contributed by atoms with Crippen LogP contribution in [0.2, 0.25) is 0 Å². The molecular weight excluding hydrogens is 303 g/mol. The number of benzene rings is 2. The van der Waals surface area contributed by atoms with E-state index in [0.29, 0.717) is 11.3 Å². The van der Waals surface area contributed by atoms with E-state index in [1.54, 1.807) is 30.3 Å². The molecule has 0 amide bonds. The highest BCUT2D eigenvalue weighted by molar-refractivity contribution is 5.89. The number of rotatable bonds is 2. The van der Waals surface area contributed by atoms with Gasteiger partial charge in [0.05, 0.1) is 11.2 Å². The van der Waals surface area contributed by atoms with E-state index in [4.69, 9.17) is 0 Å². The van der Waals surface area contributed by atoms with Crippen LogP contribution >= 0.6 is 0 Å². The third-order valence-corrected chi connectivity index (χ3v) is 4.54. The van der Waals surface area contributed by atoms with Gasteiger partial charge in [0.1, 0.15) is 11.6 Å². The molecule has 1 aliphatic rings. The van der Waals surface area contributed by atoms with E-state index in [9.17, 15) is 9.50 Å². The van der Waals surface area contributed by atoms with Gasteiger partial charge in [-0.05, 0) is 62.7 Å². The minimum Gasteiger partial charge on any atom is -0.508 e. The minimum absolute atomic E-state index is 0.148. The molecule has 1 aliphatic heterocycles. The summed E-state index contributed by atoms with van der Waals surface area (Å²) in [6.45, 7) is 6.27. The summed E-state index contributed by atoms with van der Waals surface area (Å²) in [5, 5.41) is 9.29. The average Bonchev–Trinajstić information content (AvgIpc) is 2.52. The molecule has 1 N–H and O–H groups in total. The van der Waals surface area contributed by atoms with Gasteiger partial charge in [-0.15, -0.1) is 0 Å². The van der Waals surface area contributed by atoms with Crippen LogP contribution in [0.25, 0.3) is 5.57 Å². The van der Waals surface area contributed by atoms with Crippen LogP contribution < -0.4 is 4.90 Å². The lowest BCUT2D eigenvalue weighted by molar-refractivity contribution is 0.475. The zero-order valence-electron chi connectivity index (χ0n) is 14.3. The highest BCUT2D eigenvalue weighted by Gasteiger charge is 2.29. The summed E-state index contributed by atoms with van der Waals surface area (Å²) in [6, 6.07) is 9.89. The fraction of sp³-hybridized carbons (Fsp3) is 0.250. The summed E-state index contributed by atoms with van der Waals surface area (Å²) in [4.78, 5) is 6.37. The number of fused-ring (bicyclic) bond motifs is 1. The first-order valence-electron chi connectivity index (χ1n) is 7.88. The topological polar surface area (TPSA) is 35.8 Å². The van der Waals surface area contributed by atoms with Crippen molar-refractivity contribution >= 4 is 23.2 Å². The van der Waals surface area contributed by atoms with Crippen molar-refractivity contribution in [1.29, 1.82) is 0 Å². The van der Waals surface area contributed by atoms with E-state index in [1.165, 1.54) is 6.21 Å². The van der Waals surface area contributed by atoms with Crippen LogP contribution in [0.15, 0.2) is 47.5 Å². The third-order valence-electron chi connectivity index (χ3n) is 4.54. The predicted octanol–water partition coefficient (Wildman–Crippen LogP) is 4.91. The van der Waals surface area contributed by atoms with Gasteiger partial charge >= 0.3 is 0 Å². The normalized spacial score (nSPS) is 16.2. The van der Waals surface area contributed by atoms with Crippen LogP contribution in [0, 0.1) is 5.82 Å². The molecule has 2 aromatic rings. The molecule has 0 unspecified atom stereocenters. The number of likely N-dealkylation sites (N-methyl/N-ethyl adjacent to an activating group) is 1. The molecule has 0 saturated heterocycles. The maximum absolute atomic E-state index is 14.5. The van der Waals surface area contributed by atoms with Gasteiger partial charge in [0.15, 0.2) is 0 Å². The van der Waals surface area contributed by atoms with Gasteiger partial charge in [-0.1, -0.05) is 6.08 Å². The van der Waals surface area contributed by atoms with Gasteiger partial charge in [0, 0.05) is 30.1 Å². The molecule has 0 atom stereocenters. The van der Waals surface area contributed by atoms with Crippen molar-refractivity contribution < 1.29 is 9.50 Å². The Morgan fingerprint density at radius 1 is 1.17 bits per heavy atom. The number of nitrogens with zero attached hydrogens (tertiary/aromatic N) is 2. The number of allylic oxidation sites excluding steroid dienone is 1. The second-order valence-electron chi connectivity index (χ2n) is 6.71. The summed E-state index contributed by atoms with van der Waals surface area (Å²) < 4.78 is 14.5. The average molecular weight is 324 g/mol. The monoisotopic (exact) mass is 324 g/mol. The molecule has 0 radical (unpaired) electrons. The second-order valence-corrected chi connectivity index (χ2v) is 6.71. The fourth-order valence-corrected chi connectivity index (χ4v) is 2.97. The number of aromatic hydroxyl groups is 1.